The van der Waals surface area contributed by atoms with Crippen molar-refractivity contribution in [1.29, 1.82) is 0 Å². The Kier molecular flexibility index (Phi) is 3.68. The Bertz CT molecular complexity index is 372. The van der Waals surface area contributed by atoms with E-state index >= 15 is 0 Å². The van der Waals surface area contributed by atoms with Crippen LogP contribution in [0.4, 0.5) is 0 Å². The standard InChI is InChI=1S/C10H9ClO3/c11-8-5-1-3-7(4-2-6-12)9(8)10(13)14/h1-5,12H,6H2,(H,13,14). The van der Waals surface area contributed by atoms with Crippen LogP contribution in [-0.2, 0) is 0 Å². The van der Waals surface area contributed by atoms with Gasteiger partial charge in [-0.3, -0.25) is 0 Å². The van der Waals surface area contributed by atoms with E-state index in [-0.39, 0.29) is 17.2 Å². The molecule has 14 heavy (non-hydrogen) atoms. The SMILES string of the molecule is O=C(O)c1c(Cl)cccc1C=CCO. The first kappa shape index (κ1) is 10.8. The molecule has 0 fully saturated rings. The molecule has 0 saturated carbocycles. The number of carboxylic acids is 1. The average molecular weight is 213 g/mol. The van der Waals surface area contributed by atoms with Crippen LogP contribution in [0.5, 0.6) is 0 Å². The van der Waals surface area contributed by atoms with E-state index < -0.39 is 5.97 Å². The molecule has 0 aliphatic heterocycles. The van der Waals surface area contributed by atoms with Crippen LogP contribution >= 0.6 is 11.6 Å². The quantitative estimate of drug-likeness (QED) is 0.806. The van der Waals surface area contributed by atoms with Crippen molar-refractivity contribution in [2.24, 2.45) is 0 Å². The second-order valence-corrected chi connectivity index (χ2v) is 3.00. The molecule has 74 valence electrons. The van der Waals surface area contributed by atoms with Gasteiger partial charge in [-0.2, -0.15) is 0 Å². The lowest BCUT2D eigenvalue weighted by molar-refractivity contribution is 0.0697. The van der Waals surface area contributed by atoms with Crippen LogP contribution in [0, 0.1) is 0 Å². The van der Waals surface area contributed by atoms with Crippen molar-refractivity contribution in [2.45, 2.75) is 0 Å². The summed E-state index contributed by atoms with van der Waals surface area (Å²) in [6.07, 6.45) is 2.98. The molecule has 0 unspecified atom stereocenters. The first-order valence-corrected chi connectivity index (χ1v) is 4.34. The first-order chi connectivity index (χ1) is 6.66. The number of hydrogen-bond donors (Lipinski definition) is 2. The van der Waals surface area contributed by atoms with Gasteiger partial charge in [-0.05, 0) is 11.6 Å². The second-order valence-electron chi connectivity index (χ2n) is 2.59. The van der Waals surface area contributed by atoms with Crippen LogP contribution in [0.1, 0.15) is 15.9 Å². The summed E-state index contributed by atoms with van der Waals surface area (Å²) in [5.74, 6) is -1.08. The van der Waals surface area contributed by atoms with E-state index in [1.807, 2.05) is 0 Å². The predicted molar refractivity (Wildman–Crippen MR) is 54.5 cm³/mol. The van der Waals surface area contributed by atoms with Crippen LogP contribution in [-0.4, -0.2) is 22.8 Å². The van der Waals surface area contributed by atoms with Crippen molar-refractivity contribution in [2.75, 3.05) is 6.61 Å². The van der Waals surface area contributed by atoms with E-state index in [0.717, 1.165) is 0 Å². The van der Waals surface area contributed by atoms with E-state index in [2.05, 4.69) is 0 Å². The molecule has 0 aromatic heterocycles. The minimum Gasteiger partial charge on any atom is -0.478 e. The highest BCUT2D eigenvalue weighted by molar-refractivity contribution is 6.33. The largest absolute Gasteiger partial charge is 0.478 e. The van der Waals surface area contributed by atoms with Crippen molar-refractivity contribution < 1.29 is 15.0 Å². The van der Waals surface area contributed by atoms with Gasteiger partial charge in [0.15, 0.2) is 0 Å². The Labute approximate surface area is 86.3 Å². The fourth-order valence-electron chi connectivity index (χ4n) is 1.09. The normalized spacial score (nSPS) is 10.7. The minimum atomic E-state index is -1.08. The Morgan fingerprint density at radius 2 is 2.21 bits per heavy atom. The molecule has 0 aliphatic rings. The van der Waals surface area contributed by atoms with Gasteiger partial charge < -0.3 is 10.2 Å². The van der Waals surface area contributed by atoms with Gasteiger partial charge >= 0.3 is 5.97 Å². The number of aliphatic hydroxyl groups is 1. The zero-order valence-electron chi connectivity index (χ0n) is 7.27. The number of carbonyl (C=O) groups is 1. The summed E-state index contributed by atoms with van der Waals surface area (Å²) >= 11 is 5.73. The zero-order valence-corrected chi connectivity index (χ0v) is 8.03. The third-order valence-electron chi connectivity index (χ3n) is 1.66. The molecule has 0 spiro atoms. The molecule has 0 amide bonds. The molecule has 1 aromatic carbocycles. The summed E-state index contributed by atoms with van der Waals surface area (Å²) in [4.78, 5) is 10.8. The van der Waals surface area contributed by atoms with Crippen LogP contribution in [0.2, 0.25) is 5.02 Å². The highest BCUT2D eigenvalue weighted by Gasteiger charge is 2.11. The third-order valence-corrected chi connectivity index (χ3v) is 1.98. The molecular formula is C10H9ClO3. The molecule has 2 N–H and O–H groups in total. The number of carboxylic acid groups (broad SMARTS) is 1. The molecule has 0 bridgehead atoms. The number of benzene rings is 1. The van der Waals surface area contributed by atoms with Crippen molar-refractivity contribution in [3.8, 4) is 0 Å². The molecule has 4 heteroatoms. The highest BCUT2D eigenvalue weighted by atomic mass is 35.5. The molecule has 0 heterocycles. The van der Waals surface area contributed by atoms with E-state index in [9.17, 15) is 4.79 Å². The summed E-state index contributed by atoms with van der Waals surface area (Å²) < 4.78 is 0. The zero-order chi connectivity index (χ0) is 10.6. The molecule has 0 saturated heterocycles. The monoisotopic (exact) mass is 212 g/mol. The molecule has 1 aromatic rings. The van der Waals surface area contributed by atoms with E-state index in [4.69, 9.17) is 21.8 Å². The molecular weight excluding hydrogens is 204 g/mol. The van der Waals surface area contributed by atoms with Crippen molar-refractivity contribution in [3.05, 3.63) is 40.4 Å². The Balaban J connectivity index is 3.21. The maximum Gasteiger partial charge on any atom is 0.337 e. The summed E-state index contributed by atoms with van der Waals surface area (Å²) in [5, 5.41) is 17.6. The molecule has 0 aliphatic carbocycles. The Morgan fingerprint density at radius 3 is 2.79 bits per heavy atom. The lowest BCUT2D eigenvalue weighted by Gasteiger charge is -2.02. The molecule has 0 atom stereocenters. The summed E-state index contributed by atoms with van der Waals surface area (Å²) in [6.45, 7) is -0.133. The lowest BCUT2D eigenvalue weighted by atomic mass is 10.1. The number of rotatable bonds is 3. The van der Waals surface area contributed by atoms with Crippen LogP contribution < -0.4 is 0 Å². The van der Waals surface area contributed by atoms with Gasteiger partial charge in [0.1, 0.15) is 0 Å². The highest BCUT2D eigenvalue weighted by Crippen LogP contribution is 2.20. The fraction of sp³-hybridized carbons (Fsp3) is 0.100. The van der Waals surface area contributed by atoms with Gasteiger partial charge in [0.25, 0.3) is 0 Å². The van der Waals surface area contributed by atoms with Crippen molar-refractivity contribution >= 4 is 23.6 Å². The van der Waals surface area contributed by atoms with Gasteiger partial charge in [0.2, 0.25) is 0 Å². The smallest absolute Gasteiger partial charge is 0.337 e. The maximum absolute atomic E-state index is 10.8. The molecule has 1 rings (SSSR count). The van der Waals surface area contributed by atoms with E-state index in [0.29, 0.717) is 5.56 Å². The number of aliphatic hydroxyl groups excluding tert-OH is 1. The van der Waals surface area contributed by atoms with Crippen LogP contribution in [0.25, 0.3) is 6.08 Å². The third kappa shape index (κ3) is 2.34. The Morgan fingerprint density at radius 1 is 1.50 bits per heavy atom. The van der Waals surface area contributed by atoms with Crippen molar-refractivity contribution in [1.82, 2.24) is 0 Å². The topological polar surface area (TPSA) is 57.5 Å². The van der Waals surface area contributed by atoms with Gasteiger partial charge in [-0.15, -0.1) is 0 Å². The van der Waals surface area contributed by atoms with Crippen LogP contribution in [0.3, 0.4) is 0 Å². The molecule has 0 radical (unpaired) electrons. The number of halogens is 1. The first-order valence-electron chi connectivity index (χ1n) is 3.96. The Hall–Kier alpha value is -1.32. The van der Waals surface area contributed by atoms with Gasteiger partial charge in [0, 0.05) is 0 Å². The summed E-state index contributed by atoms with van der Waals surface area (Å²) in [5.41, 5.74) is 0.540. The number of hydrogen-bond acceptors (Lipinski definition) is 2. The van der Waals surface area contributed by atoms with Gasteiger partial charge in [-0.25, -0.2) is 4.79 Å². The van der Waals surface area contributed by atoms with E-state index in [1.54, 1.807) is 12.1 Å². The summed E-state index contributed by atoms with van der Waals surface area (Å²) in [6, 6.07) is 4.80. The summed E-state index contributed by atoms with van der Waals surface area (Å²) in [7, 11) is 0. The fourth-order valence-corrected chi connectivity index (χ4v) is 1.35. The molecule has 3 nitrogen and oxygen atoms in total. The van der Waals surface area contributed by atoms with E-state index in [1.165, 1.54) is 18.2 Å². The predicted octanol–water partition coefficient (Wildman–Crippen LogP) is 2.04. The number of aromatic carboxylic acids is 1. The van der Waals surface area contributed by atoms with Crippen molar-refractivity contribution in [3.63, 3.8) is 0 Å². The second kappa shape index (κ2) is 4.79. The maximum atomic E-state index is 10.8. The van der Waals surface area contributed by atoms with Gasteiger partial charge in [-0.1, -0.05) is 35.9 Å². The average Bonchev–Trinajstić information content (AvgIpc) is 2.14. The van der Waals surface area contributed by atoms with Gasteiger partial charge in [0.05, 0.1) is 17.2 Å². The minimum absolute atomic E-state index is 0.0545. The van der Waals surface area contributed by atoms with Crippen LogP contribution in [0.15, 0.2) is 24.3 Å². The lowest BCUT2D eigenvalue weighted by Crippen LogP contribution is -2.00.